The molecule has 0 radical (unpaired) electrons. The van der Waals surface area contributed by atoms with Gasteiger partial charge in [-0.1, -0.05) is 18.5 Å². The van der Waals surface area contributed by atoms with Crippen LogP contribution in [0.4, 0.5) is 0 Å². The molecule has 0 amide bonds. The van der Waals surface area contributed by atoms with Crippen LogP contribution in [0.2, 0.25) is 4.34 Å². The summed E-state index contributed by atoms with van der Waals surface area (Å²) in [5.74, 6) is 1.23. The molecule has 0 aliphatic rings. The summed E-state index contributed by atoms with van der Waals surface area (Å²) >= 11 is 13.1. The molecule has 1 rings (SSSR count). The minimum Gasteiger partial charge on any atom is -0.312 e. The van der Waals surface area contributed by atoms with E-state index < -0.39 is 0 Å². The van der Waals surface area contributed by atoms with Crippen molar-refractivity contribution in [3.05, 3.63) is 21.3 Å². The Morgan fingerprint density at radius 1 is 1.54 bits per heavy atom. The molecule has 4 heteroatoms. The number of hydrogen-bond acceptors (Lipinski definition) is 2. The molecule has 0 saturated heterocycles. The highest BCUT2D eigenvalue weighted by Gasteiger charge is 2.00. The average Bonchev–Trinajstić information content (AvgIpc) is 2.51. The van der Waals surface area contributed by atoms with Crippen LogP contribution in [0.15, 0.2) is 12.1 Å². The Labute approximate surface area is 93.1 Å². The van der Waals surface area contributed by atoms with E-state index in [1.54, 1.807) is 11.3 Å². The zero-order chi connectivity index (χ0) is 9.68. The molecule has 0 saturated carbocycles. The summed E-state index contributed by atoms with van der Waals surface area (Å²) in [7, 11) is 0. The van der Waals surface area contributed by atoms with Crippen LogP contribution in [0.25, 0.3) is 0 Å². The molecule has 1 heterocycles. The van der Waals surface area contributed by atoms with Gasteiger partial charge in [0.25, 0.3) is 0 Å². The molecule has 1 N–H and O–H groups in total. The van der Waals surface area contributed by atoms with Gasteiger partial charge in [-0.15, -0.1) is 22.9 Å². The summed E-state index contributed by atoms with van der Waals surface area (Å²) in [6.07, 6.45) is 0. The van der Waals surface area contributed by atoms with Gasteiger partial charge >= 0.3 is 0 Å². The molecule has 0 aromatic carbocycles. The van der Waals surface area contributed by atoms with Gasteiger partial charge in [0.1, 0.15) is 0 Å². The van der Waals surface area contributed by atoms with Crippen LogP contribution in [-0.2, 0) is 6.54 Å². The highest BCUT2D eigenvalue weighted by atomic mass is 35.5. The van der Waals surface area contributed by atoms with E-state index in [-0.39, 0.29) is 0 Å². The van der Waals surface area contributed by atoms with Crippen LogP contribution < -0.4 is 5.32 Å². The van der Waals surface area contributed by atoms with E-state index in [4.69, 9.17) is 23.2 Å². The molecular weight excluding hydrogens is 225 g/mol. The van der Waals surface area contributed by atoms with Gasteiger partial charge in [-0.05, 0) is 24.6 Å². The molecule has 0 aliphatic carbocycles. The van der Waals surface area contributed by atoms with Gasteiger partial charge in [-0.2, -0.15) is 0 Å². The topological polar surface area (TPSA) is 12.0 Å². The predicted molar refractivity (Wildman–Crippen MR) is 60.9 cm³/mol. The third kappa shape index (κ3) is 4.32. The number of alkyl halides is 1. The normalized spacial score (nSPS) is 13.2. The first-order chi connectivity index (χ1) is 6.22. The van der Waals surface area contributed by atoms with Gasteiger partial charge in [-0.25, -0.2) is 0 Å². The maximum atomic E-state index is 5.80. The maximum Gasteiger partial charge on any atom is 0.0931 e. The third-order valence-electron chi connectivity index (χ3n) is 1.68. The first kappa shape index (κ1) is 11.3. The second-order valence-corrected chi connectivity index (χ2v) is 5.20. The quantitative estimate of drug-likeness (QED) is 0.775. The van der Waals surface area contributed by atoms with Crippen molar-refractivity contribution >= 4 is 34.5 Å². The molecule has 1 nitrogen and oxygen atoms in total. The van der Waals surface area contributed by atoms with Crippen LogP contribution >= 0.6 is 34.5 Å². The van der Waals surface area contributed by atoms with E-state index in [1.807, 2.05) is 12.1 Å². The second-order valence-electron chi connectivity index (χ2n) is 3.10. The van der Waals surface area contributed by atoms with E-state index in [9.17, 15) is 0 Å². The molecule has 13 heavy (non-hydrogen) atoms. The fourth-order valence-electron chi connectivity index (χ4n) is 0.943. The highest BCUT2D eigenvalue weighted by Crippen LogP contribution is 2.20. The lowest BCUT2D eigenvalue weighted by atomic mass is 10.2. The van der Waals surface area contributed by atoms with Crippen molar-refractivity contribution < 1.29 is 0 Å². The molecular formula is C9H13Cl2NS. The van der Waals surface area contributed by atoms with Crippen LogP contribution in [0.1, 0.15) is 11.8 Å². The zero-order valence-electron chi connectivity index (χ0n) is 7.52. The Morgan fingerprint density at radius 3 is 2.85 bits per heavy atom. The molecule has 0 fully saturated rings. The Kier molecular flexibility index (Phi) is 5.10. The molecule has 1 atom stereocenters. The van der Waals surface area contributed by atoms with E-state index in [0.29, 0.717) is 11.8 Å². The zero-order valence-corrected chi connectivity index (χ0v) is 9.85. The van der Waals surface area contributed by atoms with E-state index >= 15 is 0 Å². The smallest absolute Gasteiger partial charge is 0.0931 e. The van der Waals surface area contributed by atoms with Gasteiger partial charge in [0.05, 0.1) is 4.34 Å². The van der Waals surface area contributed by atoms with Crippen molar-refractivity contribution in [1.82, 2.24) is 5.32 Å². The summed E-state index contributed by atoms with van der Waals surface area (Å²) in [5, 5.41) is 3.33. The third-order valence-corrected chi connectivity index (χ3v) is 3.44. The van der Waals surface area contributed by atoms with E-state index in [1.165, 1.54) is 4.88 Å². The van der Waals surface area contributed by atoms with Crippen LogP contribution in [0, 0.1) is 5.92 Å². The van der Waals surface area contributed by atoms with Gasteiger partial charge in [0, 0.05) is 17.3 Å². The van der Waals surface area contributed by atoms with Crippen molar-refractivity contribution in [2.75, 3.05) is 12.4 Å². The summed E-state index contributed by atoms with van der Waals surface area (Å²) < 4.78 is 0.849. The number of hydrogen-bond donors (Lipinski definition) is 1. The molecule has 1 unspecified atom stereocenters. The maximum absolute atomic E-state index is 5.80. The summed E-state index contributed by atoms with van der Waals surface area (Å²) in [6.45, 7) is 3.97. The Hall–Kier alpha value is 0.240. The van der Waals surface area contributed by atoms with Crippen molar-refractivity contribution in [3.8, 4) is 0 Å². The number of halogens is 2. The monoisotopic (exact) mass is 237 g/mol. The molecule has 0 aliphatic heterocycles. The molecule has 1 aromatic rings. The van der Waals surface area contributed by atoms with Crippen molar-refractivity contribution in [2.45, 2.75) is 13.5 Å². The molecule has 0 spiro atoms. The highest BCUT2D eigenvalue weighted by molar-refractivity contribution is 7.16. The van der Waals surface area contributed by atoms with Crippen molar-refractivity contribution in [2.24, 2.45) is 5.92 Å². The van der Waals surface area contributed by atoms with Crippen LogP contribution in [0.3, 0.4) is 0 Å². The summed E-state index contributed by atoms with van der Waals surface area (Å²) in [4.78, 5) is 1.27. The summed E-state index contributed by atoms with van der Waals surface area (Å²) in [5.41, 5.74) is 0. The lowest BCUT2D eigenvalue weighted by Gasteiger charge is -2.07. The molecule has 74 valence electrons. The fourth-order valence-corrected chi connectivity index (χ4v) is 2.11. The Bertz CT molecular complexity index is 250. The predicted octanol–water partition coefficient (Wildman–Crippen LogP) is 3.37. The molecule has 1 aromatic heterocycles. The largest absolute Gasteiger partial charge is 0.312 e. The van der Waals surface area contributed by atoms with Gasteiger partial charge in [0.2, 0.25) is 0 Å². The van der Waals surface area contributed by atoms with E-state index in [0.717, 1.165) is 17.4 Å². The SMILES string of the molecule is CC(CCl)CNCc1ccc(Cl)s1. The van der Waals surface area contributed by atoms with Gasteiger partial charge in [-0.3, -0.25) is 0 Å². The Morgan fingerprint density at radius 2 is 2.31 bits per heavy atom. The van der Waals surface area contributed by atoms with E-state index in [2.05, 4.69) is 12.2 Å². The number of thiophene rings is 1. The average molecular weight is 238 g/mol. The number of nitrogens with one attached hydrogen (secondary N) is 1. The summed E-state index contributed by atoms with van der Waals surface area (Å²) in [6, 6.07) is 3.97. The second kappa shape index (κ2) is 5.86. The number of rotatable bonds is 5. The minimum absolute atomic E-state index is 0.525. The Balaban J connectivity index is 2.20. The minimum atomic E-state index is 0.525. The van der Waals surface area contributed by atoms with Gasteiger partial charge < -0.3 is 5.32 Å². The first-order valence-corrected chi connectivity index (χ1v) is 5.96. The molecule has 0 bridgehead atoms. The van der Waals surface area contributed by atoms with Crippen LogP contribution in [0.5, 0.6) is 0 Å². The van der Waals surface area contributed by atoms with Gasteiger partial charge in [0.15, 0.2) is 0 Å². The fraction of sp³-hybridized carbons (Fsp3) is 0.556. The standard InChI is InChI=1S/C9H13Cl2NS/c1-7(4-10)5-12-6-8-2-3-9(11)13-8/h2-3,7,12H,4-6H2,1H3. The lowest BCUT2D eigenvalue weighted by Crippen LogP contribution is -2.20. The van der Waals surface area contributed by atoms with Crippen molar-refractivity contribution in [1.29, 1.82) is 0 Å². The van der Waals surface area contributed by atoms with Crippen LogP contribution in [-0.4, -0.2) is 12.4 Å². The van der Waals surface area contributed by atoms with Crippen molar-refractivity contribution in [3.63, 3.8) is 0 Å². The lowest BCUT2D eigenvalue weighted by molar-refractivity contribution is 0.559. The first-order valence-electron chi connectivity index (χ1n) is 4.23.